The van der Waals surface area contributed by atoms with Gasteiger partial charge in [-0.3, -0.25) is 4.79 Å². The number of nitrogens with one attached hydrogen (secondary N) is 2. The number of carbonyl (C=O) groups is 1. The largest absolute Gasteiger partial charge is 0.355 e. The lowest BCUT2D eigenvalue weighted by atomic mass is 9.96. The Morgan fingerprint density at radius 3 is 2.65 bits per heavy atom. The summed E-state index contributed by atoms with van der Waals surface area (Å²) in [4.78, 5) is 12.8. The molecule has 1 aliphatic heterocycles. The lowest BCUT2D eigenvalue weighted by Gasteiger charge is -2.17. The van der Waals surface area contributed by atoms with Gasteiger partial charge < -0.3 is 10.6 Å². The van der Waals surface area contributed by atoms with Crippen LogP contribution in [0.15, 0.2) is 16.3 Å². The second-order valence-corrected chi connectivity index (χ2v) is 10.9. The van der Waals surface area contributed by atoms with Gasteiger partial charge in [0.15, 0.2) is 0 Å². The van der Waals surface area contributed by atoms with Crippen molar-refractivity contribution in [1.82, 2.24) is 14.9 Å². The number of carbonyl (C=O) groups excluding carboxylic acids is 1. The first-order valence-corrected chi connectivity index (χ1v) is 10.9. The van der Waals surface area contributed by atoms with Crippen molar-refractivity contribution in [3.8, 4) is 0 Å². The second kappa shape index (κ2) is 9.50. The summed E-state index contributed by atoms with van der Waals surface area (Å²) in [5.41, 5.74) is -0.413. The summed E-state index contributed by atoms with van der Waals surface area (Å²) in [6, 6.07) is 3.54. The molecule has 0 aliphatic carbocycles. The summed E-state index contributed by atoms with van der Waals surface area (Å²) < 4.78 is 27.5. The molecule has 1 fully saturated rings. The number of amides is 1. The highest BCUT2D eigenvalue weighted by atomic mass is 35.5. The Kier molecular flexibility index (Phi) is 8.54. The molecule has 2 rings (SSSR count). The molecule has 0 radical (unpaired) electrons. The highest BCUT2D eigenvalue weighted by Crippen LogP contribution is 2.29. The van der Waals surface area contributed by atoms with Gasteiger partial charge in [0, 0.05) is 29.9 Å². The van der Waals surface area contributed by atoms with Crippen molar-refractivity contribution < 1.29 is 13.2 Å². The van der Waals surface area contributed by atoms with Gasteiger partial charge in [-0.15, -0.1) is 23.7 Å². The predicted octanol–water partition coefficient (Wildman–Crippen LogP) is 2.10. The smallest absolute Gasteiger partial charge is 0.252 e. The van der Waals surface area contributed by atoms with Crippen LogP contribution in [0.3, 0.4) is 0 Å². The van der Waals surface area contributed by atoms with Crippen molar-refractivity contribution >= 4 is 39.7 Å². The number of thiophene rings is 1. The third-order valence-electron chi connectivity index (χ3n) is 4.31. The molecule has 1 amide bonds. The maximum atomic E-state index is 12.8. The Morgan fingerprint density at radius 1 is 1.35 bits per heavy atom. The molecule has 2 N–H and O–H groups in total. The van der Waals surface area contributed by atoms with Crippen LogP contribution in [0.25, 0.3) is 0 Å². The summed E-state index contributed by atoms with van der Waals surface area (Å²) in [5.74, 6) is 0.386. The van der Waals surface area contributed by atoms with Crippen LogP contribution >= 0.6 is 23.7 Å². The molecule has 0 spiro atoms. The first kappa shape index (κ1) is 23.4. The normalized spacial score (nSPS) is 18.5. The average molecular weight is 424 g/mol. The van der Waals surface area contributed by atoms with Gasteiger partial charge in [0.1, 0.15) is 4.21 Å². The van der Waals surface area contributed by atoms with Gasteiger partial charge in [-0.1, -0.05) is 20.8 Å². The van der Waals surface area contributed by atoms with E-state index in [4.69, 9.17) is 0 Å². The van der Waals surface area contributed by atoms with Crippen LogP contribution < -0.4 is 10.6 Å². The number of rotatable bonds is 7. The SMILES string of the molecule is CNCC1CCN(S(=O)(=O)c2ccc(CCNC(=O)C(C)(C)C)s2)C1.Cl. The van der Waals surface area contributed by atoms with Crippen LogP contribution in [0, 0.1) is 11.3 Å². The zero-order valence-electron chi connectivity index (χ0n) is 15.9. The van der Waals surface area contributed by atoms with Gasteiger partial charge in [0.05, 0.1) is 0 Å². The molecule has 1 unspecified atom stereocenters. The molecule has 9 heteroatoms. The molecule has 6 nitrogen and oxygen atoms in total. The van der Waals surface area contributed by atoms with E-state index in [1.165, 1.54) is 11.3 Å². The Labute approximate surface area is 167 Å². The van der Waals surface area contributed by atoms with E-state index >= 15 is 0 Å². The summed E-state index contributed by atoms with van der Waals surface area (Å²) in [6.45, 7) is 8.14. The quantitative estimate of drug-likeness (QED) is 0.703. The molecule has 1 aliphatic rings. The lowest BCUT2D eigenvalue weighted by molar-refractivity contribution is -0.128. The molecule has 150 valence electrons. The summed E-state index contributed by atoms with van der Waals surface area (Å²) in [7, 11) is -1.51. The first-order chi connectivity index (χ1) is 11.6. The van der Waals surface area contributed by atoms with Crippen LogP contribution in [0.2, 0.25) is 0 Å². The van der Waals surface area contributed by atoms with Crippen LogP contribution in [-0.4, -0.2) is 51.9 Å². The van der Waals surface area contributed by atoms with E-state index < -0.39 is 15.4 Å². The molecule has 2 heterocycles. The molecular weight excluding hydrogens is 394 g/mol. The number of hydrogen-bond donors (Lipinski definition) is 2. The monoisotopic (exact) mass is 423 g/mol. The number of halogens is 1. The van der Waals surface area contributed by atoms with Crippen LogP contribution in [0.1, 0.15) is 32.1 Å². The van der Waals surface area contributed by atoms with E-state index in [0.717, 1.165) is 17.8 Å². The van der Waals surface area contributed by atoms with Crippen molar-refractivity contribution in [3.05, 3.63) is 17.0 Å². The predicted molar refractivity (Wildman–Crippen MR) is 109 cm³/mol. The van der Waals surface area contributed by atoms with Crippen LogP contribution in [-0.2, 0) is 21.2 Å². The maximum absolute atomic E-state index is 12.8. The Bertz CT molecular complexity index is 698. The third kappa shape index (κ3) is 5.92. The lowest BCUT2D eigenvalue weighted by Crippen LogP contribution is -2.35. The molecule has 26 heavy (non-hydrogen) atoms. The Hall–Kier alpha value is -0.670. The minimum atomic E-state index is -3.40. The minimum Gasteiger partial charge on any atom is -0.355 e. The molecular formula is C17H30ClN3O3S2. The van der Waals surface area contributed by atoms with Gasteiger partial charge >= 0.3 is 0 Å². The molecule has 1 aromatic rings. The topological polar surface area (TPSA) is 78.5 Å². The fraction of sp³-hybridized carbons (Fsp3) is 0.706. The zero-order chi connectivity index (χ0) is 18.7. The third-order valence-corrected chi connectivity index (χ3v) is 7.79. The summed E-state index contributed by atoms with van der Waals surface area (Å²) >= 11 is 1.30. The standard InChI is InChI=1S/C17H29N3O3S2.ClH/c1-17(2,3)16(21)19-9-7-14-5-6-15(24-14)25(22,23)20-10-8-13(12-20)11-18-4;/h5-6,13,18H,7-12H2,1-4H3,(H,19,21);1H. The molecule has 1 atom stereocenters. The van der Waals surface area contributed by atoms with Gasteiger partial charge in [-0.05, 0) is 44.5 Å². The van der Waals surface area contributed by atoms with Crippen LogP contribution in [0.5, 0.6) is 0 Å². The summed E-state index contributed by atoms with van der Waals surface area (Å²) in [6.07, 6.45) is 1.54. The molecule has 0 saturated carbocycles. The van der Waals surface area contributed by atoms with Crippen molar-refractivity contribution in [3.63, 3.8) is 0 Å². The van der Waals surface area contributed by atoms with Crippen molar-refractivity contribution in [1.29, 1.82) is 0 Å². The van der Waals surface area contributed by atoms with Gasteiger partial charge in [0.2, 0.25) is 5.91 Å². The summed E-state index contributed by atoms with van der Waals surface area (Å²) in [5, 5.41) is 6.01. The van der Waals surface area contributed by atoms with Crippen molar-refractivity contribution in [2.24, 2.45) is 11.3 Å². The van der Waals surface area contributed by atoms with Gasteiger partial charge in [-0.25, -0.2) is 8.42 Å². The van der Waals surface area contributed by atoms with Gasteiger partial charge in [-0.2, -0.15) is 4.31 Å². The van der Waals surface area contributed by atoms with E-state index in [0.29, 0.717) is 36.2 Å². The van der Waals surface area contributed by atoms with E-state index in [1.54, 1.807) is 10.4 Å². The fourth-order valence-corrected chi connectivity index (χ4v) is 5.83. The molecule has 0 bridgehead atoms. The minimum absolute atomic E-state index is 0. The number of nitrogens with zero attached hydrogens (tertiary/aromatic N) is 1. The van der Waals surface area contributed by atoms with Gasteiger partial charge in [0.25, 0.3) is 10.0 Å². The Morgan fingerprint density at radius 2 is 2.04 bits per heavy atom. The van der Waals surface area contributed by atoms with E-state index in [-0.39, 0.29) is 18.3 Å². The van der Waals surface area contributed by atoms with E-state index in [1.807, 2.05) is 33.9 Å². The first-order valence-electron chi connectivity index (χ1n) is 8.66. The highest BCUT2D eigenvalue weighted by Gasteiger charge is 2.33. The Balaban J connectivity index is 0.00000338. The fourth-order valence-electron chi connectivity index (χ4n) is 2.79. The number of hydrogen-bond acceptors (Lipinski definition) is 5. The second-order valence-electron chi connectivity index (χ2n) is 7.55. The maximum Gasteiger partial charge on any atom is 0.252 e. The van der Waals surface area contributed by atoms with Crippen molar-refractivity contribution in [2.45, 2.75) is 37.8 Å². The van der Waals surface area contributed by atoms with Crippen LogP contribution in [0.4, 0.5) is 0 Å². The molecule has 0 aromatic carbocycles. The highest BCUT2D eigenvalue weighted by molar-refractivity contribution is 7.91. The van der Waals surface area contributed by atoms with E-state index in [2.05, 4.69) is 10.6 Å². The molecule has 1 saturated heterocycles. The van der Waals surface area contributed by atoms with E-state index in [9.17, 15) is 13.2 Å². The molecule has 1 aromatic heterocycles. The number of sulfonamides is 1. The zero-order valence-corrected chi connectivity index (χ0v) is 18.3. The van der Waals surface area contributed by atoms with Crippen molar-refractivity contribution in [2.75, 3.05) is 33.2 Å². The average Bonchev–Trinajstić information content (AvgIpc) is 3.16.